The third-order valence-corrected chi connectivity index (χ3v) is 7.20. The normalized spacial score (nSPS) is 16.9. The number of nitrogens with one attached hydrogen (secondary N) is 2. The van der Waals surface area contributed by atoms with E-state index >= 15 is 0 Å². The molecule has 194 valence electrons. The molecule has 4 heterocycles. The predicted molar refractivity (Wildman–Crippen MR) is 153 cm³/mol. The Bertz CT molecular complexity index is 1480. The van der Waals surface area contributed by atoms with Crippen molar-refractivity contribution >= 4 is 46.2 Å². The number of rotatable bonds is 7. The van der Waals surface area contributed by atoms with Crippen LogP contribution in [-0.4, -0.2) is 39.3 Å². The van der Waals surface area contributed by atoms with Gasteiger partial charge in [0, 0.05) is 36.6 Å². The fourth-order valence-corrected chi connectivity index (χ4v) is 5.56. The lowest BCUT2D eigenvalue weighted by Crippen LogP contribution is -2.29. The average molecular weight is 547 g/mol. The maximum atomic E-state index is 12.0. The number of pyridine rings is 2. The standard InChI is InChI=1S/C28H27ClN6O2S/c1-17-13-21(18(2)34(17)20-7-6-11-30-15-20)27-26(24-8-4-5-12-31-24)33-28(38)35(27)19-9-10-23(22(29)14-19)32-25(36)16-37-3/h4-15,26-27H,16H2,1-3H3,(H,32,36)(H,33,38)/t26-,27+/m1/s1. The maximum Gasteiger partial charge on any atom is 0.250 e. The molecule has 1 aliphatic heterocycles. The Hall–Kier alpha value is -3.79. The number of hydrogen-bond donors (Lipinski definition) is 2. The second kappa shape index (κ2) is 10.9. The Balaban J connectivity index is 1.60. The average Bonchev–Trinajstić information content (AvgIpc) is 3.41. The number of hydrogen-bond acceptors (Lipinski definition) is 5. The highest BCUT2D eigenvalue weighted by molar-refractivity contribution is 7.80. The highest BCUT2D eigenvalue weighted by Crippen LogP contribution is 2.44. The van der Waals surface area contributed by atoms with Crippen LogP contribution >= 0.6 is 23.8 Å². The van der Waals surface area contributed by atoms with Crippen LogP contribution in [0.2, 0.25) is 5.02 Å². The molecule has 4 aromatic rings. The number of thiocarbonyl (C=S) groups is 1. The fourth-order valence-electron chi connectivity index (χ4n) is 4.99. The van der Waals surface area contributed by atoms with Gasteiger partial charge >= 0.3 is 0 Å². The summed E-state index contributed by atoms with van der Waals surface area (Å²) >= 11 is 12.5. The van der Waals surface area contributed by atoms with E-state index in [1.54, 1.807) is 18.5 Å². The minimum Gasteiger partial charge on any atom is -0.375 e. The van der Waals surface area contributed by atoms with Crippen molar-refractivity contribution in [3.63, 3.8) is 0 Å². The van der Waals surface area contributed by atoms with Gasteiger partial charge in [-0.2, -0.15) is 0 Å². The highest BCUT2D eigenvalue weighted by atomic mass is 35.5. The number of nitrogens with zero attached hydrogens (tertiary/aromatic N) is 4. The number of carbonyl (C=O) groups is 1. The quantitative estimate of drug-likeness (QED) is 0.304. The second-order valence-electron chi connectivity index (χ2n) is 9.02. The van der Waals surface area contributed by atoms with Crippen LogP contribution in [0.4, 0.5) is 11.4 Å². The third-order valence-electron chi connectivity index (χ3n) is 6.57. The lowest BCUT2D eigenvalue weighted by atomic mass is 9.96. The molecule has 5 rings (SSSR count). The molecule has 1 aliphatic rings. The Kier molecular flexibility index (Phi) is 7.42. The van der Waals surface area contributed by atoms with Crippen LogP contribution in [-0.2, 0) is 9.53 Å². The molecule has 2 atom stereocenters. The molecule has 0 unspecified atom stereocenters. The van der Waals surface area contributed by atoms with E-state index < -0.39 is 0 Å². The van der Waals surface area contributed by atoms with E-state index in [9.17, 15) is 4.79 Å². The van der Waals surface area contributed by atoms with E-state index in [0.29, 0.717) is 15.8 Å². The minimum atomic E-state index is -0.281. The molecule has 1 aromatic carbocycles. The molecule has 3 aromatic heterocycles. The highest BCUT2D eigenvalue weighted by Gasteiger charge is 2.42. The first-order valence-corrected chi connectivity index (χ1v) is 12.9. The molecule has 0 spiro atoms. The van der Waals surface area contributed by atoms with E-state index in [0.717, 1.165) is 34.0 Å². The molecule has 0 saturated carbocycles. The van der Waals surface area contributed by atoms with Gasteiger partial charge in [0.15, 0.2) is 5.11 Å². The van der Waals surface area contributed by atoms with Crippen LogP contribution in [0, 0.1) is 13.8 Å². The summed E-state index contributed by atoms with van der Waals surface area (Å²) in [5, 5.41) is 7.22. The lowest BCUT2D eigenvalue weighted by Gasteiger charge is -2.28. The van der Waals surface area contributed by atoms with Crippen LogP contribution < -0.4 is 15.5 Å². The molecule has 1 amide bonds. The summed E-state index contributed by atoms with van der Waals surface area (Å²) in [5.74, 6) is -0.281. The monoisotopic (exact) mass is 546 g/mol. The summed E-state index contributed by atoms with van der Waals surface area (Å²) in [6.07, 6.45) is 5.40. The van der Waals surface area contributed by atoms with Gasteiger partial charge in [-0.05, 0) is 80.2 Å². The van der Waals surface area contributed by atoms with Crippen LogP contribution in [0.25, 0.3) is 5.69 Å². The fraction of sp³-hybridized carbons (Fsp3) is 0.214. The summed E-state index contributed by atoms with van der Waals surface area (Å²) in [6, 6.07) is 17.1. The summed E-state index contributed by atoms with van der Waals surface area (Å²) in [5.41, 5.74) is 6.42. The number of halogens is 1. The number of aryl methyl sites for hydroxylation is 1. The van der Waals surface area contributed by atoms with Crippen LogP contribution in [0.15, 0.2) is 73.2 Å². The number of anilines is 2. The van der Waals surface area contributed by atoms with E-state index in [-0.39, 0.29) is 24.6 Å². The Labute approximate surface area is 231 Å². The molecule has 10 heteroatoms. The summed E-state index contributed by atoms with van der Waals surface area (Å²) in [7, 11) is 1.47. The first-order valence-electron chi connectivity index (χ1n) is 12.1. The van der Waals surface area contributed by atoms with Crippen molar-refractivity contribution in [3.05, 3.63) is 101 Å². The predicted octanol–water partition coefficient (Wildman–Crippen LogP) is 5.30. The first-order chi connectivity index (χ1) is 18.4. The second-order valence-corrected chi connectivity index (χ2v) is 9.81. The zero-order valence-electron chi connectivity index (χ0n) is 21.2. The van der Waals surface area contributed by atoms with Crippen molar-refractivity contribution in [2.45, 2.75) is 25.9 Å². The van der Waals surface area contributed by atoms with Gasteiger partial charge < -0.3 is 24.8 Å². The Morgan fingerprint density at radius 1 is 1.13 bits per heavy atom. The number of methoxy groups -OCH3 is 1. The van der Waals surface area contributed by atoms with Gasteiger partial charge in [-0.1, -0.05) is 17.7 Å². The third kappa shape index (κ3) is 4.88. The lowest BCUT2D eigenvalue weighted by molar-refractivity contribution is -0.119. The van der Waals surface area contributed by atoms with Crippen molar-refractivity contribution in [1.82, 2.24) is 19.9 Å². The van der Waals surface area contributed by atoms with E-state index in [2.05, 4.69) is 50.0 Å². The number of amides is 1. The molecular weight excluding hydrogens is 520 g/mol. The zero-order valence-corrected chi connectivity index (χ0v) is 22.8. The molecule has 1 fully saturated rings. The molecule has 2 N–H and O–H groups in total. The SMILES string of the molecule is COCC(=O)Nc1ccc(N2C(=S)N[C@H](c3ccccn3)[C@@H]2c2cc(C)n(-c3cccnc3)c2C)cc1Cl. The van der Waals surface area contributed by atoms with Crippen molar-refractivity contribution in [2.24, 2.45) is 0 Å². The number of carbonyl (C=O) groups excluding carboxylic acids is 1. The maximum absolute atomic E-state index is 12.0. The van der Waals surface area contributed by atoms with Crippen LogP contribution in [0.1, 0.15) is 34.7 Å². The summed E-state index contributed by atoms with van der Waals surface area (Å²) in [4.78, 5) is 23.1. The van der Waals surface area contributed by atoms with Gasteiger partial charge in [-0.15, -0.1) is 0 Å². The zero-order chi connectivity index (χ0) is 26.8. The van der Waals surface area contributed by atoms with Gasteiger partial charge in [0.1, 0.15) is 6.61 Å². The van der Waals surface area contributed by atoms with Crippen molar-refractivity contribution in [1.29, 1.82) is 0 Å². The smallest absolute Gasteiger partial charge is 0.250 e. The Morgan fingerprint density at radius 2 is 1.97 bits per heavy atom. The topological polar surface area (TPSA) is 84.3 Å². The molecule has 0 aliphatic carbocycles. The summed E-state index contributed by atoms with van der Waals surface area (Å²) in [6.45, 7) is 4.13. The van der Waals surface area contributed by atoms with E-state index in [1.807, 2.05) is 48.7 Å². The molecule has 8 nitrogen and oxygen atoms in total. The van der Waals surface area contributed by atoms with E-state index in [4.69, 9.17) is 28.6 Å². The van der Waals surface area contributed by atoms with Crippen molar-refractivity contribution < 1.29 is 9.53 Å². The van der Waals surface area contributed by atoms with Crippen LogP contribution in [0.3, 0.4) is 0 Å². The Morgan fingerprint density at radius 3 is 2.66 bits per heavy atom. The van der Waals surface area contributed by atoms with Crippen molar-refractivity contribution in [2.75, 3.05) is 23.9 Å². The first kappa shape index (κ1) is 25.8. The van der Waals surface area contributed by atoms with Crippen molar-refractivity contribution in [3.8, 4) is 5.69 Å². The minimum absolute atomic E-state index is 0.0570. The molecule has 1 saturated heterocycles. The van der Waals surface area contributed by atoms with Gasteiger partial charge in [0.2, 0.25) is 5.91 Å². The van der Waals surface area contributed by atoms with Crippen LogP contribution in [0.5, 0.6) is 0 Å². The molecular formula is C28H27ClN6O2S. The molecule has 38 heavy (non-hydrogen) atoms. The largest absolute Gasteiger partial charge is 0.375 e. The summed E-state index contributed by atoms with van der Waals surface area (Å²) < 4.78 is 7.10. The van der Waals surface area contributed by atoms with Gasteiger partial charge in [-0.25, -0.2) is 0 Å². The number of aromatic nitrogens is 3. The van der Waals surface area contributed by atoms with Gasteiger partial charge in [0.25, 0.3) is 0 Å². The molecule has 0 bridgehead atoms. The van der Waals surface area contributed by atoms with Gasteiger partial charge in [-0.3, -0.25) is 14.8 Å². The molecule has 0 radical (unpaired) electrons. The van der Waals surface area contributed by atoms with E-state index in [1.165, 1.54) is 7.11 Å². The van der Waals surface area contributed by atoms with Gasteiger partial charge in [0.05, 0.1) is 40.4 Å². The number of ether oxygens (including phenoxy) is 1. The number of benzene rings is 1.